The van der Waals surface area contributed by atoms with Crippen LogP contribution in [0, 0.1) is 0 Å². The maximum absolute atomic E-state index is 5.82. The molecule has 176 valence electrons. The lowest BCUT2D eigenvalue weighted by molar-refractivity contribution is 0.0322. The maximum atomic E-state index is 5.82. The summed E-state index contributed by atoms with van der Waals surface area (Å²) in [6.45, 7) is 4.96. The Morgan fingerprint density at radius 3 is 2.65 bits per heavy atom. The number of ether oxygens (including phenoxy) is 2. The lowest BCUT2D eigenvalue weighted by Gasteiger charge is -2.26. The second kappa shape index (κ2) is 10.1. The number of aromatic nitrogens is 6. The van der Waals surface area contributed by atoms with E-state index in [2.05, 4.69) is 42.3 Å². The molecule has 4 aromatic rings. The van der Waals surface area contributed by atoms with Crippen LogP contribution < -0.4 is 9.64 Å². The molecule has 0 aliphatic carbocycles. The lowest BCUT2D eigenvalue weighted by Crippen LogP contribution is -2.38. The molecule has 1 fully saturated rings. The average Bonchev–Trinajstić information content (AvgIpc) is 3.27. The Labute approximate surface area is 198 Å². The van der Waals surface area contributed by atoms with Crippen LogP contribution in [0.15, 0.2) is 48.8 Å². The second-order valence-corrected chi connectivity index (χ2v) is 8.39. The predicted molar refractivity (Wildman–Crippen MR) is 128 cm³/mol. The molecule has 0 atom stereocenters. The molecule has 5 rings (SSSR count). The zero-order valence-corrected chi connectivity index (χ0v) is 19.5. The summed E-state index contributed by atoms with van der Waals surface area (Å²) in [5, 5.41) is 13.2. The van der Waals surface area contributed by atoms with Gasteiger partial charge in [-0.05, 0) is 23.8 Å². The number of hydrogen-bond acceptors (Lipinski definition) is 9. The third-order valence-corrected chi connectivity index (χ3v) is 5.73. The molecule has 10 nitrogen and oxygen atoms in total. The van der Waals surface area contributed by atoms with Gasteiger partial charge in [-0.1, -0.05) is 18.2 Å². The molecule has 0 saturated carbocycles. The lowest BCUT2D eigenvalue weighted by atomic mass is 10.1. The Morgan fingerprint density at radius 2 is 1.85 bits per heavy atom. The Hall–Kier alpha value is -3.63. The molecule has 0 N–H and O–H groups in total. The zero-order chi connectivity index (χ0) is 23.3. The molecule has 1 aromatic carbocycles. The van der Waals surface area contributed by atoms with Gasteiger partial charge in [-0.25, -0.2) is 9.97 Å². The van der Waals surface area contributed by atoms with E-state index >= 15 is 0 Å². The van der Waals surface area contributed by atoms with Gasteiger partial charge >= 0.3 is 0 Å². The average molecular weight is 461 g/mol. The highest BCUT2D eigenvalue weighted by Gasteiger charge is 2.12. The summed E-state index contributed by atoms with van der Waals surface area (Å²) in [5.41, 5.74) is 2.75. The Morgan fingerprint density at radius 1 is 1.03 bits per heavy atom. The molecule has 34 heavy (non-hydrogen) atoms. The van der Waals surface area contributed by atoms with E-state index in [1.165, 1.54) is 0 Å². The minimum absolute atomic E-state index is 0.599. The smallest absolute Gasteiger partial charge is 0.178 e. The highest BCUT2D eigenvalue weighted by atomic mass is 16.5. The fourth-order valence-corrected chi connectivity index (χ4v) is 3.83. The predicted octanol–water partition coefficient (Wildman–Crippen LogP) is 1.95. The van der Waals surface area contributed by atoms with Gasteiger partial charge in [0.1, 0.15) is 12.4 Å². The summed E-state index contributed by atoms with van der Waals surface area (Å²) in [6, 6.07) is 12.0. The van der Waals surface area contributed by atoms with E-state index in [1.807, 2.05) is 43.3 Å². The van der Waals surface area contributed by atoms with Crippen molar-refractivity contribution in [2.75, 3.05) is 58.5 Å². The summed E-state index contributed by atoms with van der Waals surface area (Å²) >= 11 is 0. The zero-order valence-electron chi connectivity index (χ0n) is 19.5. The van der Waals surface area contributed by atoms with E-state index in [-0.39, 0.29) is 0 Å². The first kappa shape index (κ1) is 22.2. The van der Waals surface area contributed by atoms with Gasteiger partial charge in [0.15, 0.2) is 23.0 Å². The Balaban J connectivity index is 1.25. The fraction of sp³-hybridized carbons (Fsp3) is 0.375. The van der Waals surface area contributed by atoms with Gasteiger partial charge in [-0.2, -0.15) is 4.52 Å². The van der Waals surface area contributed by atoms with Crippen LogP contribution in [0.3, 0.4) is 0 Å². The van der Waals surface area contributed by atoms with Crippen LogP contribution >= 0.6 is 0 Å². The number of nitrogens with zero attached hydrogens (tertiary/aromatic N) is 8. The van der Waals surface area contributed by atoms with Gasteiger partial charge in [0, 0.05) is 45.7 Å². The number of fused-ring (bicyclic) bond motifs is 1. The Kier molecular flexibility index (Phi) is 6.59. The third kappa shape index (κ3) is 5.13. The molecule has 0 spiro atoms. The van der Waals surface area contributed by atoms with Gasteiger partial charge in [-0.3, -0.25) is 4.90 Å². The van der Waals surface area contributed by atoms with Crippen LogP contribution in [0.2, 0.25) is 0 Å². The first-order valence-corrected chi connectivity index (χ1v) is 11.4. The van der Waals surface area contributed by atoms with Crippen LogP contribution in [0.1, 0.15) is 11.4 Å². The summed E-state index contributed by atoms with van der Waals surface area (Å²) in [5.74, 6) is 2.95. The molecule has 0 amide bonds. The third-order valence-electron chi connectivity index (χ3n) is 5.73. The van der Waals surface area contributed by atoms with E-state index in [1.54, 1.807) is 16.9 Å². The van der Waals surface area contributed by atoms with Crippen LogP contribution in [0.25, 0.3) is 17.0 Å². The van der Waals surface area contributed by atoms with Crippen molar-refractivity contribution in [2.24, 2.45) is 0 Å². The SMILES string of the molecule is CN(C)c1ccc2nnc(Cc3cccc(-c4ncc(OCCN5CCOCC5)cn4)c3)n2n1. The molecule has 1 aliphatic rings. The van der Waals surface area contributed by atoms with E-state index < -0.39 is 0 Å². The van der Waals surface area contributed by atoms with Crippen molar-refractivity contribution >= 4 is 11.5 Å². The minimum Gasteiger partial charge on any atom is -0.489 e. The van der Waals surface area contributed by atoms with E-state index in [4.69, 9.17) is 9.47 Å². The van der Waals surface area contributed by atoms with Gasteiger partial charge in [-0.15, -0.1) is 15.3 Å². The van der Waals surface area contributed by atoms with Crippen molar-refractivity contribution in [1.82, 2.24) is 34.7 Å². The first-order valence-electron chi connectivity index (χ1n) is 11.4. The summed E-state index contributed by atoms with van der Waals surface area (Å²) < 4.78 is 13.0. The molecule has 0 radical (unpaired) electrons. The van der Waals surface area contributed by atoms with Crippen LogP contribution in [-0.4, -0.2) is 88.2 Å². The molecule has 10 heteroatoms. The number of anilines is 1. The normalized spacial score (nSPS) is 14.4. The van der Waals surface area contributed by atoms with Gasteiger partial charge in [0.25, 0.3) is 0 Å². The first-order chi connectivity index (χ1) is 16.7. The van der Waals surface area contributed by atoms with Gasteiger partial charge in [0.05, 0.1) is 25.6 Å². The molecule has 1 saturated heterocycles. The summed E-state index contributed by atoms with van der Waals surface area (Å²) in [6.07, 6.45) is 4.06. The molecule has 4 heterocycles. The van der Waals surface area contributed by atoms with Crippen molar-refractivity contribution in [3.8, 4) is 17.1 Å². The van der Waals surface area contributed by atoms with E-state index in [0.717, 1.165) is 61.3 Å². The van der Waals surface area contributed by atoms with Crippen molar-refractivity contribution in [2.45, 2.75) is 6.42 Å². The molecule has 1 aliphatic heterocycles. The molecule has 0 bridgehead atoms. The van der Waals surface area contributed by atoms with Crippen LogP contribution in [0.5, 0.6) is 5.75 Å². The van der Waals surface area contributed by atoms with Crippen molar-refractivity contribution in [3.05, 3.63) is 60.2 Å². The summed E-state index contributed by atoms with van der Waals surface area (Å²) in [4.78, 5) is 13.3. The number of rotatable bonds is 8. The minimum atomic E-state index is 0.599. The Bertz CT molecular complexity index is 1240. The molecule has 3 aromatic heterocycles. The monoisotopic (exact) mass is 460 g/mol. The van der Waals surface area contributed by atoms with Crippen LogP contribution in [-0.2, 0) is 11.2 Å². The van der Waals surface area contributed by atoms with Gasteiger partial charge < -0.3 is 14.4 Å². The number of benzene rings is 1. The van der Waals surface area contributed by atoms with Crippen molar-refractivity contribution in [3.63, 3.8) is 0 Å². The number of morpholine rings is 1. The highest BCUT2D eigenvalue weighted by molar-refractivity contribution is 5.56. The highest BCUT2D eigenvalue weighted by Crippen LogP contribution is 2.20. The standard InChI is InChI=1S/C24H28N8O2/c1-30(2)22-7-6-21-27-28-23(32(21)29-22)15-18-4-3-5-19(14-18)24-25-16-20(17-26-24)34-13-10-31-8-11-33-12-9-31/h3-7,14,16-17H,8-13,15H2,1-2H3. The topological polar surface area (TPSA) is 93.8 Å². The van der Waals surface area contributed by atoms with E-state index in [0.29, 0.717) is 24.6 Å². The quantitative estimate of drug-likeness (QED) is 0.391. The maximum Gasteiger partial charge on any atom is 0.178 e. The molecular formula is C24H28N8O2. The fourth-order valence-electron chi connectivity index (χ4n) is 3.83. The van der Waals surface area contributed by atoms with Crippen LogP contribution in [0.4, 0.5) is 5.82 Å². The second-order valence-electron chi connectivity index (χ2n) is 8.39. The van der Waals surface area contributed by atoms with Gasteiger partial charge in [0.2, 0.25) is 0 Å². The summed E-state index contributed by atoms with van der Waals surface area (Å²) in [7, 11) is 3.92. The molecular weight excluding hydrogens is 432 g/mol. The largest absolute Gasteiger partial charge is 0.489 e. The van der Waals surface area contributed by atoms with Crippen molar-refractivity contribution in [1.29, 1.82) is 0 Å². The molecule has 0 unspecified atom stereocenters. The number of hydrogen-bond donors (Lipinski definition) is 0. The van der Waals surface area contributed by atoms with E-state index in [9.17, 15) is 0 Å². The van der Waals surface area contributed by atoms with Crippen molar-refractivity contribution < 1.29 is 9.47 Å².